The highest BCUT2D eigenvalue weighted by Gasteiger charge is 2.32. The number of aromatic nitrogens is 3. The van der Waals surface area contributed by atoms with Gasteiger partial charge in [-0.05, 0) is 78.5 Å². The zero-order valence-electron chi connectivity index (χ0n) is 31.7. The molecule has 272 valence electrons. The van der Waals surface area contributed by atoms with Crippen molar-refractivity contribution in [3.8, 4) is 78.7 Å². The lowest BCUT2D eigenvalue weighted by molar-refractivity contribution is 0.720. The summed E-state index contributed by atoms with van der Waals surface area (Å²) in [6, 6.07) is 67.0. The molecule has 8 aromatic carbocycles. The maximum Gasteiger partial charge on any atom is 0.164 e. The maximum absolute atomic E-state index is 5.15. The molecule has 2 aliphatic carbocycles. The van der Waals surface area contributed by atoms with Crippen molar-refractivity contribution in [2.24, 2.45) is 0 Å². The van der Waals surface area contributed by atoms with Crippen LogP contribution in [0.1, 0.15) is 23.0 Å². The average Bonchev–Trinajstić information content (AvgIpc) is 3.31. The number of benzene rings is 8. The minimum Gasteiger partial charge on any atom is -0.208 e. The van der Waals surface area contributed by atoms with Gasteiger partial charge in [0.2, 0.25) is 0 Å². The molecule has 0 fully saturated rings. The van der Waals surface area contributed by atoms with Crippen LogP contribution in [0.4, 0.5) is 0 Å². The topological polar surface area (TPSA) is 38.7 Å². The maximum atomic E-state index is 5.15. The van der Waals surface area contributed by atoms with Gasteiger partial charge < -0.3 is 0 Å². The average molecular weight is 740 g/mol. The van der Waals surface area contributed by atoms with E-state index in [4.69, 9.17) is 15.0 Å². The predicted molar refractivity (Wildman–Crippen MR) is 239 cm³/mol. The van der Waals surface area contributed by atoms with Crippen LogP contribution >= 0.6 is 0 Å². The Labute approximate surface area is 338 Å². The van der Waals surface area contributed by atoms with Crippen LogP contribution in [0.2, 0.25) is 0 Å². The van der Waals surface area contributed by atoms with Gasteiger partial charge in [-0.1, -0.05) is 200 Å². The molecule has 2 atom stereocenters. The van der Waals surface area contributed by atoms with Crippen LogP contribution in [0, 0.1) is 0 Å². The number of rotatable bonds is 6. The van der Waals surface area contributed by atoms with Crippen LogP contribution in [0.15, 0.2) is 212 Å². The summed E-state index contributed by atoms with van der Waals surface area (Å²) in [6.45, 7) is 0. The van der Waals surface area contributed by atoms with Crippen molar-refractivity contribution in [2.75, 3.05) is 0 Å². The van der Waals surface area contributed by atoms with Gasteiger partial charge >= 0.3 is 0 Å². The molecule has 0 amide bonds. The summed E-state index contributed by atoms with van der Waals surface area (Å²) in [5.74, 6) is 2.53. The molecule has 9 aromatic rings. The summed E-state index contributed by atoms with van der Waals surface area (Å²) >= 11 is 0. The van der Waals surface area contributed by atoms with E-state index in [1.807, 2.05) is 24.3 Å². The zero-order chi connectivity index (χ0) is 38.4. The molecule has 0 saturated carbocycles. The second-order valence-electron chi connectivity index (χ2n) is 15.1. The summed E-state index contributed by atoms with van der Waals surface area (Å²) in [5.41, 5.74) is 15.3. The number of hydrogen-bond acceptors (Lipinski definition) is 3. The van der Waals surface area contributed by atoms with Crippen molar-refractivity contribution >= 4 is 10.8 Å². The smallest absolute Gasteiger partial charge is 0.164 e. The molecule has 0 aliphatic heterocycles. The van der Waals surface area contributed by atoms with Gasteiger partial charge in [0.05, 0.1) is 0 Å². The fraction of sp³-hybridized carbons (Fsp3) is 0.0364. The predicted octanol–water partition coefficient (Wildman–Crippen LogP) is 14.0. The Hall–Kier alpha value is -7.49. The molecule has 0 saturated heterocycles. The second kappa shape index (κ2) is 14.2. The molecule has 1 aromatic heterocycles. The number of nitrogens with zero attached hydrogens (tertiary/aromatic N) is 3. The Kier molecular flexibility index (Phi) is 8.29. The highest BCUT2D eigenvalue weighted by molar-refractivity contribution is 6.05. The van der Waals surface area contributed by atoms with Gasteiger partial charge in [0.15, 0.2) is 17.5 Å². The molecular weight excluding hydrogens is 703 g/mol. The zero-order valence-corrected chi connectivity index (χ0v) is 31.7. The molecule has 2 unspecified atom stereocenters. The van der Waals surface area contributed by atoms with E-state index in [2.05, 4.69) is 188 Å². The fourth-order valence-corrected chi connectivity index (χ4v) is 8.92. The van der Waals surface area contributed by atoms with Gasteiger partial charge in [-0.25, -0.2) is 15.0 Å². The van der Waals surface area contributed by atoms with Gasteiger partial charge in [-0.15, -0.1) is 0 Å². The third-order valence-corrected chi connectivity index (χ3v) is 11.7. The molecule has 0 N–H and O–H groups in total. The Morgan fingerprint density at radius 2 is 0.828 bits per heavy atom. The normalized spacial score (nSPS) is 15.1. The molecule has 0 bridgehead atoms. The van der Waals surface area contributed by atoms with Gasteiger partial charge in [0.1, 0.15) is 0 Å². The van der Waals surface area contributed by atoms with Gasteiger partial charge in [-0.3, -0.25) is 0 Å². The van der Waals surface area contributed by atoms with Crippen molar-refractivity contribution < 1.29 is 0 Å². The van der Waals surface area contributed by atoms with E-state index in [0.29, 0.717) is 23.4 Å². The quantitative estimate of drug-likeness (QED) is 0.170. The van der Waals surface area contributed by atoms with Gasteiger partial charge in [0.25, 0.3) is 0 Å². The second-order valence-corrected chi connectivity index (χ2v) is 15.1. The van der Waals surface area contributed by atoms with E-state index < -0.39 is 0 Å². The number of hydrogen-bond donors (Lipinski definition) is 0. The highest BCUT2D eigenvalue weighted by atomic mass is 15.0. The Morgan fingerprint density at radius 3 is 1.60 bits per heavy atom. The lowest BCUT2D eigenvalue weighted by Gasteiger charge is -2.34. The van der Waals surface area contributed by atoms with E-state index in [1.165, 1.54) is 55.3 Å². The third kappa shape index (κ3) is 5.96. The van der Waals surface area contributed by atoms with Crippen molar-refractivity contribution in [3.63, 3.8) is 0 Å². The van der Waals surface area contributed by atoms with E-state index in [9.17, 15) is 0 Å². The summed E-state index contributed by atoms with van der Waals surface area (Å²) in [7, 11) is 0. The molecule has 3 nitrogen and oxygen atoms in total. The highest BCUT2D eigenvalue weighted by Crippen LogP contribution is 2.51. The Bertz CT molecular complexity index is 3050. The number of allylic oxidation sites excluding steroid dienone is 4. The van der Waals surface area contributed by atoms with Crippen molar-refractivity contribution in [3.05, 3.63) is 223 Å². The first-order valence-electron chi connectivity index (χ1n) is 19.9. The van der Waals surface area contributed by atoms with E-state index in [1.54, 1.807) is 0 Å². The van der Waals surface area contributed by atoms with Crippen LogP contribution in [0.25, 0.3) is 89.4 Å². The fourth-order valence-electron chi connectivity index (χ4n) is 8.92. The van der Waals surface area contributed by atoms with Crippen LogP contribution in [0.3, 0.4) is 0 Å². The van der Waals surface area contributed by atoms with Crippen molar-refractivity contribution in [1.82, 2.24) is 15.0 Å². The van der Waals surface area contributed by atoms with Crippen molar-refractivity contribution in [2.45, 2.75) is 11.8 Å². The molecule has 2 aliphatic rings. The summed E-state index contributed by atoms with van der Waals surface area (Å²) in [5, 5.41) is 2.41. The van der Waals surface area contributed by atoms with Crippen molar-refractivity contribution in [1.29, 1.82) is 0 Å². The lowest BCUT2D eigenvalue weighted by Crippen LogP contribution is -2.16. The van der Waals surface area contributed by atoms with Crippen LogP contribution < -0.4 is 0 Å². The summed E-state index contributed by atoms with van der Waals surface area (Å²) < 4.78 is 0. The first-order valence-corrected chi connectivity index (χ1v) is 19.9. The van der Waals surface area contributed by atoms with Crippen LogP contribution in [-0.4, -0.2) is 15.0 Å². The minimum absolute atomic E-state index is 0.286. The van der Waals surface area contributed by atoms with Crippen LogP contribution in [0.5, 0.6) is 0 Å². The number of fused-ring (bicyclic) bond motifs is 7. The molecule has 0 radical (unpaired) electrons. The third-order valence-electron chi connectivity index (χ3n) is 11.7. The molecule has 3 heteroatoms. The Morgan fingerprint density at radius 1 is 0.310 bits per heavy atom. The standard InChI is InChI=1S/C55H37N3/c1-3-14-36(15-4-1)37-26-28-40(29-27-37)54-56-53(39-17-5-2-6-18-39)57-55(58-54)43-20-13-19-42(34-43)52-44-21-8-7-16-38(44)30-32-45(52)41-31-33-50-48-24-10-9-22-46(48)47-23-11-12-25-49(47)51(50)35-41/h1-35,47,49H. The van der Waals surface area contributed by atoms with Gasteiger partial charge in [0, 0.05) is 28.5 Å². The lowest BCUT2D eigenvalue weighted by atomic mass is 9.69. The summed E-state index contributed by atoms with van der Waals surface area (Å²) in [4.78, 5) is 15.3. The monoisotopic (exact) mass is 739 g/mol. The Balaban J connectivity index is 1.05. The van der Waals surface area contributed by atoms with Crippen LogP contribution in [-0.2, 0) is 0 Å². The van der Waals surface area contributed by atoms with E-state index in [-0.39, 0.29) is 5.92 Å². The first-order chi connectivity index (χ1) is 28.7. The largest absolute Gasteiger partial charge is 0.208 e. The molecule has 0 spiro atoms. The SMILES string of the molecule is C1=CC2c3ccccc3-c3ccc(-c4ccc5ccccc5c4-c4cccc(-c5nc(-c6ccccc6)nc(-c6ccc(-c7ccccc7)cc6)n5)c4)cc3C2C=C1. The van der Waals surface area contributed by atoms with E-state index >= 15 is 0 Å². The summed E-state index contributed by atoms with van der Waals surface area (Å²) in [6.07, 6.45) is 9.13. The molecule has 1 heterocycles. The first kappa shape index (κ1) is 33.8. The minimum atomic E-state index is 0.286. The molecule has 11 rings (SSSR count). The molecule has 58 heavy (non-hydrogen) atoms. The molecular formula is C55H37N3. The van der Waals surface area contributed by atoms with Gasteiger partial charge in [-0.2, -0.15) is 0 Å². The van der Waals surface area contributed by atoms with E-state index in [0.717, 1.165) is 27.8 Å².